The van der Waals surface area contributed by atoms with E-state index in [4.69, 9.17) is 0 Å². The summed E-state index contributed by atoms with van der Waals surface area (Å²) in [7, 11) is 0. The van der Waals surface area contributed by atoms with Gasteiger partial charge < -0.3 is 15.5 Å². The van der Waals surface area contributed by atoms with Crippen LogP contribution in [0.1, 0.15) is 78.6 Å². The van der Waals surface area contributed by atoms with Crippen molar-refractivity contribution in [3.05, 3.63) is 0 Å². The van der Waals surface area contributed by atoms with E-state index in [-0.39, 0.29) is 23.7 Å². The van der Waals surface area contributed by atoms with Gasteiger partial charge in [-0.25, -0.2) is 0 Å². The van der Waals surface area contributed by atoms with Crippen LogP contribution in [0, 0.1) is 34.5 Å². The van der Waals surface area contributed by atoms with Gasteiger partial charge in [0.2, 0.25) is 0 Å². The normalized spacial score (nSPS) is 55.3. The van der Waals surface area contributed by atoms with E-state index in [0.717, 1.165) is 50.0 Å². The second-order valence-electron chi connectivity index (χ2n) is 10.4. The lowest BCUT2D eigenvalue weighted by Gasteiger charge is -2.61. The maximum absolute atomic E-state index is 10.7. The Hall–Kier alpha value is -0.120. The van der Waals surface area contributed by atoms with Crippen molar-refractivity contribution < 1.29 is 10.2 Å². The summed E-state index contributed by atoms with van der Waals surface area (Å²) in [5.74, 6) is 3.03. The quantitative estimate of drug-likeness (QED) is 0.728. The van der Waals surface area contributed by atoms with Gasteiger partial charge in [0.1, 0.15) is 0 Å². The lowest BCUT2D eigenvalue weighted by Crippen LogP contribution is -2.59. The summed E-state index contributed by atoms with van der Waals surface area (Å²) in [4.78, 5) is 0. The summed E-state index contributed by atoms with van der Waals surface area (Å²) in [5.41, 5.74) is 0.556. The van der Waals surface area contributed by atoms with Gasteiger partial charge >= 0.3 is 0 Å². The molecule has 3 nitrogen and oxygen atoms in total. The van der Waals surface area contributed by atoms with Gasteiger partial charge in [-0.3, -0.25) is 0 Å². The van der Waals surface area contributed by atoms with Crippen LogP contribution in [0.15, 0.2) is 0 Å². The van der Waals surface area contributed by atoms with Crippen molar-refractivity contribution >= 4 is 0 Å². The number of fused-ring (bicyclic) bond motifs is 5. The summed E-state index contributed by atoms with van der Waals surface area (Å²) in [6, 6.07) is 0.280. The number of rotatable bonds is 3. The largest absolute Gasteiger partial charge is 0.393 e. The van der Waals surface area contributed by atoms with Crippen LogP contribution in [0.25, 0.3) is 0 Å². The summed E-state index contributed by atoms with van der Waals surface area (Å²) in [5, 5.41) is 24.9. The van der Waals surface area contributed by atoms with Crippen LogP contribution < -0.4 is 5.32 Å². The van der Waals surface area contributed by atoms with Crippen molar-refractivity contribution in [2.75, 3.05) is 6.54 Å². The molecule has 0 amide bonds. The molecule has 144 valence electrons. The van der Waals surface area contributed by atoms with Gasteiger partial charge in [0.15, 0.2) is 0 Å². The molecule has 0 aromatic heterocycles. The SMILES string of the molecule is CCCN[C@H]1C[C@@]2(C)[C@@H](CC[C@@H]3[C@@H]2CC[C@]2(C)[C@@H](O)CC[C@@H]32)C[C@@H]1O. The number of hydrogen-bond acceptors (Lipinski definition) is 3. The fourth-order valence-corrected chi connectivity index (χ4v) is 7.82. The molecule has 0 aromatic carbocycles. The third-order valence-corrected chi connectivity index (χ3v) is 9.32. The zero-order chi connectivity index (χ0) is 17.8. The predicted octanol–water partition coefficient (Wildman–Crippen LogP) is 3.73. The summed E-state index contributed by atoms with van der Waals surface area (Å²) >= 11 is 0. The van der Waals surface area contributed by atoms with Gasteiger partial charge in [-0.15, -0.1) is 0 Å². The highest BCUT2D eigenvalue weighted by atomic mass is 16.3. The number of nitrogens with one attached hydrogen (secondary N) is 1. The molecule has 9 atom stereocenters. The fraction of sp³-hybridized carbons (Fsp3) is 1.00. The summed E-state index contributed by atoms with van der Waals surface area (Å²) < 4.78 is 0. The monoisotopic (exact) mass is 349 g/mol. The van der Waals surface area contributed by atoms with Gasteiger partial charge in [-0.2, -0.15) is 0 Å². The molecule has 0 aliphatic heterocycles. The maximum atomic E-state index is 10.7. The van der Waals surface area contributed by atoms with Crippen LogP contribution >= 0.6 is 0 Å². The molecule has 0 aromatic rings. The highest BCUT2D eigenvalue weighted by molar-refractivity contribution is 5.10. The van der Waals surface area contributed by atoms with E-state index in [1.807, 2.05) is 0 Å². The van der Waals surface area contributed by atoms with E-state index >= 15 is 0 Å². The smallest absolute Gasteiger partial charge is 0.0696 e. The zero-order valence-corrected chi connectivity index (χ0v) is 16.5. The van der Waals surface area contributed by atoms with Gasteiger partial charge in [0.05, 0.1) is 12.2 Å². The Morgan fingerprint density at radius 1 is 0.960 bits per heavy atom. The average molecular weight is 350 g/mol. The lowest BCUT2D eigenvalue weighted by atomic mass is 9.44. The van der Waals surface area contributed by atoms with Crippen LogP contribution in [0.5, 0.6) is 0 Å². The highest BCUT2D eigenvalue weighted by Crippen LogP contribution is 2.66. The summed E-state index contributed by atoms with van der Waals surface area (Å²) in [6.45, 7) is 8.14. The minimum Gasteiger partial charge on any atom is -0.393 e. The minimum atomic E-state index is -0.164. The van der Waals surface area contributed by atoms with Gasteiger partial charge in [-0.1, -0.05) is 20.8 Å². The van der Waals surface area contributed by atoms with Crippen molar-refractivity contribution in [2.45, 2.75) is 96.8 Å². The number of hydrogen-bond donors (Lipinski definition) is 3. The Balaban J connectivity index is 1.57. The molecule has 0 unspecified atom stereocenters. The third-order valence-electron chi connectivity index (χ3n) is 9.32. The van der Waals surface area contributed by atoms with Crippen LogP contribution in [0.2, 0.25) is 0 Å². The molecule has 0 heterocycles. The van der Waals surface area contributed by atoms with Crippen LogP contribution in [-0.4, -0.2) is 35.0 Å². The first-order chi connectivity index (χ1) is 11.9. The van der Waals surface area contributed by atoms with E-state index in [9.17, 15) is 10.2 Å². The average Bonchev–Trinajstić information content (AvgIpc) is 2.89. The molecule has 0 spiro atoms. The zero-order valence-electron chi connectivity index (χ0n) is 16.5. The van der Waals surface area contributed by atoms with Crippen LogP contribution in [0.4, 0.5) is 0 Å². The molecule has 4 saturated carbocycles. The van der Waals surface area contributed by atoms with E-state index in [0.29, 0.717) is 11.3 Å². The topological polar surface area (TPSA) is 52.5 Å². The lowest BCUT2D eigenvalue weighted by molar-refractivity contribution is -0.140. The first-order valence-electron chi connectivity index (χ1n) is 11.0. The predicted molar refractivity (Wildman–Crippen MR) is 101 cm³/mol. The van der Waals surface area contributed by atoms with Crippen molar-refractivity contribution in [3.8, 4) is 0 Å². The van der Waals surface area contributed by atoms with Gasteiger partial charge in [0, 0.05) is 6.04 Å². The van der Waals surface area contributed by atoms with Gasteiger partial charge in [0.25, 0.3) is 0 Å². The molecule has 4 rings (SSSR count). The molecule has 4 fully saturated rings. The molecular weight excluding hydrogens is 310 g/mol. The van der Waals surface area contributed by atoms with Crippen molar-refractivity contribution in [1.82, 2.24) is 5.32 Å². The van der Waals surface area contributed by atoms with Gasteiger partial charge in [-0.05, 0) is 98.8 Å². The standard InChI is InChI=1S/C22H39NO2/c1-4-11-23-18-13-22(3)14(12-19(18)24)5-6-15-16-7-8-20(25)21(16,2)10-9-17(15)22/h14-20,23-25H,4-13H2,1-3H3/t14-,15-,16-,17-,18-,19-,20-,21-,22-/m0/s1. The van der Waals surface area contributed by atoms with Crippen LogP contribution in [0.3, 0.4) is 0 Å². The summed E-state index contributed by atoms with van der Waals surface area (Å²) in [6.07, 6.45) is 10.4. The van der Waals surface area contributed by atoms with Crippen molar-refractivity contribution in [3.63, 3.8) is 0 Å². The Labute approximate surface area is 154 Å². The molecule has 25 heavy (non-hydrogen) atoms. The van der Waals surface area contributed by atoms with Crippen molar-refractivity contribution in [1.29, 1.82) is 0 Å². The Morgan fingerprint density at radius 2 is 1.72 bits per heavy atom. The number of aliphatic hydroxyl groups is 2. The minimum absolute atomic E-state index is 0.0730. The Morgan fingerprint density at radius 3 is 2.48 bits per heavy atom. The van der Waals surface area contributed by atoms with E-state index in [2.05, 4.69) is 26.1 Å². The molecule has 4 aliphatic rings. The van der Waals surface area contributed by atoms with E-state index < -0.39 is 0 Å². The molecule has 0 saturated heterocycles. The molecule has 4 aliphatic carbocycles. The fourth-order valence-electron chi connectivity index (χ4n) is 7.82. The van der Waals surface area contributed by atoms with Crippen molar-refractivity contribution in [2.24, 2.45) is 34.5 Å². The van der Waals surface area contributed by atoms with Crippen LogP contribution in [-0.2, 0) is 0 Å². The van der Waals surface area contributed by atoms with E-state index in [1.165, 1.54) is 32.1 Å². The first-order valence-corrected chi connectivity index (χ1v) is 11.0. The number of aliphatic hydroxyl groups excluding tert-OH is 2. The van der Waals surface area contributed by atoms with E-state index in [1.54, 1.807) is 0 Å². The third kappa shape index (κ3) is 2.72. The molecule has 3 heteroatoms. The second kappa shape index (κ2) is 6.49. The molecule has 0 bridgehead atoms. The second-order valence-corrected chi connectivity index (χ2v) is 10.4. The molecule has 3 N–H and O–H groups in total. The Kier molecular flexibility index (Phi) is 4.74. The Bertz CT molecular complexity index is 496. The first kappa shape index (κ1) is 18.3. The highest BCUT2D eigenvalue weighted by Gasteiger charge is 2.60. The molecular formula is C22H39NO2. The maximum Gasteiger partial charge on any atom is 0.0696 e. The molecule has 0 radical (unpaired) electrons.